The second kappa shape index (κ2) is 5.01. The third-order valence-electron chi connectivity index (χ3n) is 2.27. The van der Waals surface area contributed by atoms with Gasteiger partial charge >= 0.3 is 0 Å². The van der Waals surface area contributed by atoms with Crippen LogP contribution in [-0.2, 0) is 4.74 Å². The molecule has 88 valence electrons. The van der Waals surface area contributed by atoms with Crippen LogP contribution >= 0.6 is 11.6 Å². The highest BCUT2D eigenvalue weighted by Crippen LogP contribution is 2.23. The molecule has 0 aliphatic carbocycles. The van der Waals surface area contributed by atoms with Crippen molar-refractivity contribution in [3.8, 4) is 5.75 Å². The first-order valence-electron chi connectivity index (χ1n) is 4.95. The molecule has 0 bridgehead atoms. The predicted molar refractivity (Wildman–Crippen MR) is 67.1 cm³/mol. The van der Waals surface area contributed by atoms with Gasteiger partial charge in [0.2, 0.25) is 5.28 Å². The van der Waals surface area contributed by atoms with E-state index in [9.17, 15) is 0 Å². The second-order valence-corrected chi connectivity index (χ2v) is 3.64. The van der Waals surface area contributed by atoms with Gasteiger partial charge in [0.05, 0.1) is 31.7 Å². The molecule has 0 spiro atoms. The number of hydrogen-bond donors (Lipinski definition) is 0. The molecular formula is C12H11ClN2O2. The summed E-state index contributed by atoms with van der Waals surface area (Å²) in [6, 6.07) is 5.55. The first kappa shape index (κ1) is 11.7. The van der Waals surface area contributed by atoms with Crippen LogP contribution in [-0.4, -0.2) is 24.2 Å². The summed E-state index contributed by atoms with van der Waals surface area (Å²) in [4.78, 5) is 8.29. The van der Waals surface area contributed by atoms with Crippen LogP contribution in [0.25, 0.3) is 17.0 Å². The fraction of sp³-hybridized carbons (Fsp3) is 0.167. The highest BCUT2D eigenvalue weighted by atomic mass is 35.5. The molecular weight excluding hydrogens is 240 g/mol. The van der Waals surface area contributed by atoms with Crippen LogP contribution in [0.4, 0.5) is 0 Å². The van der Waals surface area contributed by atoms with Crippen LogP contribution < -0.4 is 4.74 Å². The van der Waals surface area contributed by atoms with Crippen molar-refractivity contribution in [1.82, 2.24) is 9.97 Å². The summed E-state index contributed by atoms with van der Waals surface area (Å²) in [6.45, 7) is 0. The predicted octanol–water partition coefficient (Wildman–Crippen LogP) is 2.91. The van der Waals surface area contributed by atoms with E-state index in [0.29, 0.717) is 5.69 Å². The second-order valence-electron chi connectivity index (χ2n) is 3.30. The van der Waals surface area contributed by atoms with Crippen molar-refractivity contribution < 1.29 is 9.47 Å². The van der Waals surface area contributed by atoms with Gasteiger partial charge in [0.15, 0.2) is 0 Å². The number of aromatic nitrogens is 2. The van der Waals surface area contributed by atoms with Crippen LogP contribution in [0, 0.1) is 0 Å². The van der Waals surface area contributed by atoms with Crippen molar-refractivity contribution in [2.75, 3.05) is 14.2 Å². The van der Waals surface area contributed by atoms with Gasteiger partial charge in [-0.15, -0.1) is 0 Å². The van der Waals surface area contributed by atoms with E-state index in [1.807, 2.05) is 18.2 Å². The summed E-state index contributed by atoms with van der Waals surface area (Å²) in [7, 11) is 3.18. The third-order valence-corrected chi connectivity index (χ3v) is 2.44. The summed E-state index contributed by atoms with van der Waals surface area (Å²) in [5.74, 6) is 0.730. The molecule has 4 nitrogen and oxygen atoms in total. The van der Waals surface area contributed by atoms with Crippen LogP contribution in [0.15, 0.2) is 24.5 Å². The van der Waals surface area contributed by atoms with Gasteiger partial charge in [0.25, 0.3) is 0 Å². The molecule has 0 saturated carbocycles. The Morgan fingerprint density at radius 1 is 1.24 bits per heavy atom. The average Bonchev–Trinajstić information content (AvgIpc) is 2.34. The third kappa shape index (κ3) is 2.47. The SMILES string of the molecule is COC=Cc1nc(Cl)nc2cc(OC)ccc12. The minimum atomic E-state index is 0.196. The smallest absolute Gasteiger partial charge is 0.223 e. The number of ether oxygens (including phenoxy) is 2. The lowest BCUT2D eigenvalue weighted by atomic mass is 10.2. The molecule has 0 fully saturated rings. The zero-order chi connectivity index (χ0) is 12.3. The Balaban J connectivity index is 2.63. The van der Waals surface area contributed by atoms with E-state index in [1.54, 1.807) is 26.6 Å². The summed E-state index contributed by atoms with van der Waals surface area (Å²) >= 11 is 5.86. The first-order valence-corrected chi connectivity index (χ1v) is 5.33. The monoisotopic (exact) mass is 250 g/mol. The quantitative estimate of drug-likeness (QED) is 0.621. The largest absolute Gasteiger partial charge is 0.504 e. The Labute approximate surface area is 104 Å². The number of fused-ring (bicyclic) bond motifs is 1. The van der Waals surface area contributed by atoms with Gasteiger partial charge in [-0.3, -0.25) is 0 Å². The molecule has 0 N–H and O–H groups in total. The van der Waals surface area contributed by atoms with Crippen molar-refractivity contribution >= 4 is 28.6 Å². The number of methoxy groups -OCH3 is 2. The molecule has 0 amide bonds. The van der Waals surface area contributed by atoms with Gasteiger partial charge in [-0.2, -0.15) is 0 Å². The normalized spacial score (nSPS) is 11.0. The number of benzene rings is 1. The Kier molecular flexibility index (Phi) is 3.44. The summed E-state index contributed by atoms with van der Waals surface area (Å²) in [5.41, 5.74) is 1.45. The number of rotatable bonds is 3. The van der Waals surface area contributed by atoms with Gasteiger partial charge in [-0.1, -0.05) is 0 Å². The molecule has 1 aromatic carbocycles. The van der Waals surface area contributed by atoms with Gasteiger partial charge in [-0.25, -0.2) is 9.97 Å². The molecule has 0 saturated heterocycles. The van der Waals surface area contributed by atoms with Crippen LogP contribution in [0.5, 0.6) is 5.75 Å². The van der Waals surface area contributed by atoms with Crippen molar-refractivity contribution in [3.63, 3.8) is 0 Å². The molecule has 2 aromatic rings. The Morgan fingerprint density at radius 3 is 2.76 bits per heavy atom. The Hall–Kier alpha value is -1.81. The van der Waals surface area contributed by atoms with E-state index in [2.05, 4.69) is 9.97 Å². The first-order chi connectivity index (χ1) is 8.24. The molecule has 17 heavy (non-hydrogen) atoms. The Bertz CT molecular complexity index is 570. The zero-order valence-corrected chi connectivity index (χ0v) is 10.2. The summed E-state index contributed by atoms with van der Waals surface area (Å²) in [6.07, 6.45) is 3.28. The zero-order valence-electron chi connectivity index (χ0n) is 9.48. The average molecular weight is 251 g/mol. The lowest BCUT2D eigenvalue weighted by Crippen LogP contribution is -1.91. The molecule has 0 aliphatic heterocycles. The minimum absolute atomic E-state index is 0.196. The standard InChI is InChI=1S/C12H11ClN2O2/c1-16-6-5-10-9-4-3-8(17-2)7-11(9)15-12(13)14-10/h3-7H,1-2H3. The van der Waals surface area contributed by atoms with Gasteiger partial charge < -0.3 is 9.47 Å². The lowest BCUT2D eigenvalue weighted by Gasteiger charge is -2.04. The molecule has 0 radical (unpaired) electrons. The molecule has 1 aromatic heterocycles. The number of nitrogens with zero attached hydrogens (tertiary/aromatic N) is 2. The van der Waals surface area contributed by atoms with Gasteiger partial charge in [-0.05, 0) is 29.8 Å². The minimum Gasteiger partial charge on any atom is -0.504 e. The van der Waals surface area contributed by atoms with Crippen molar-refractivity contribution in [2.45, 2.75) is 0 Å². The Morgan fingerprint density at radius 2 is 2.06 bits per heavy atom. The highest BCUT2D eigenvalue weighted by molar-refractivity contribution is 6.28. The lowest BCUT2D eigenvalue weighted by molar-refractivity contribution is 0.341. The van der Waals surface area contributed by atoms with E-state index in [0.717, 1.165) is 16.7 Å². The van der Waals surface area contributed by atoms with E-state index in [-0.39, 0.29) is 5.28 Å². The highest BCUT2D eigenvalue weighted by Gasteiger charge is 2.05. The van der Waals surface area contributed by atoms with Crippen molar-refractivity contribution in [2.24, 2.45) is 0 Å². The topological polar surface area (TPSA) is 44.2 Å². The van der Waals surface area contributed by atoms with Gasteiger partial charge in [0, 0.05) is 11.5 Å². The summed E-state index contributed by atoms with van der Waals surface area (Å²) < 4.78 is 10.0. The van der Waals surface area contributed by atoms with Crippen molar-refractivity contribution in [1.29, 1.82) is 0 Å². The van der Waals surface area contributed by atoms with Crippen molar-refractivity contribution in [3.05, 3.63) is 35.4 Å². The van der Waals surface area contributed by atoms with E-state index in [1.165, 1.54) is 0 Å². The molecule has 2 rings (SSSR count). The van der Waals surface area contributed by atoms with Crippen LogP contribution in [0.3, 0.4) is 0 Å². The maximum absolute atomic E-state index is 5.86. The number of hydrogen-bond acceptors (Lipinski definition) is 4. The fourth-order valence-electron chi connectivity index (χ4n) is 1.49. The van der Waals surface area contributed by atoms with Gasteiger partial charge in [0.1, 0.15) is 5.75 Å². The maximum atomic E-state index is 5.86. The van der Waals surface area contributed by atoms with Crippen LogP contribution in [0.1, 0.15) is 5.69 Å². The van der Waals surface area contributed by atoms with E-state index < -0.39 is 0 Å². The molecule has 1 heterocycles. The van der Waals surface area contributed by atoms with E-state index in [4.69, 9.17) is 21.1 Å². The number of halogens is 1. The molecule has 0 unspecified atom stereocenters. The van der Waals surface area contributed by atoms with Crippen LogP contribution in [0.2, 0.25) is 5.28 Å². The fourth-order valence-corrected chi connectivity index (χ4v) is 1.67. The molecule has 5 heteroatoms. The van der Waals surface area contributed by atoms with E-state index >= 15 is 0 Å². The maximum Gasteiger partial charge on any atom is 0.223 e. The summed E-state index contributed by atoms with van der Waals surface area (Å²) in [5, 5.41) is 1.09. The molecule has 0 aliphatic rings. The molecule has 0 atom stereocenters.